The Kier molecular flexibility index (Phi) is 4.20. The number of aromatic nitrogens is 4. The van der Waals surface area contributed by atoms with Gasteiger partial charge < -0.3 is 4.74 Å². The predicted molar refractivity (Wildman–Crippen MR) is 72.7 cm³/mol. The summed E-state index contributed by atoms with van der Waals surface area (Å²) in [6, 6.07) is 0.783. The van der Waals surface area contributed by atoms with Gasteiger partial charge in [0, 0.05) is 29.7 Å². The van der Waals surface area contributed by atoms with Crippen molar-refractivity contribution in [3.63, 3.8) is 0 Å². The summed E-state index contributed by atoms with van der Waals surface area (Å²) in [4.78, 5) is 10.4. The van der Waals surface area contributed by atoms with Crippen LogP contribution in [0.2, 0.25) is 0 Å². The summed E-state index contributed by atoms with van der Waals surface area (Å²) in [5, 5.41) is 0. The topological polar surface area (TPSA) is 52.3 Å². The molecular formula is C14H7F7N4O. The molecule has 3 rings (SSSR count). The average molecular weight is 380 g/mol. The highest BCUT2D eigenvalue weighted by Gasteiger charge is 2.36. The number of fused-ring (bicyclic) bond motifs is 1. The lowest BCUT2D eigenvalue weighted by molar-refractivity contribution is -0.154. The van der Waals surface area contributed by atoms with Crippen molar-refractivity contribution in [2.75, 3.05) is 6.61 Å². The molecule has 26 heavy (non-hydrogen) atoms. The van der Waals surface area contributed by atoms with Crippen LogP contribution in [0.15, 0.2) is 30.9 Å². The van der Waals surface area contributed by atoms with Crippen LogP contribution in [0.4, 0.5) is 30.7 Å². The minimum Gasteiger partial charge on any atom is -0.466 e. The first-order chi connectivity index (χ1) is 12.0. The molecule has 0 saturated heterocycles. The number of alkyl halides is 6. The maximum absolute atomic E-state index is 13.9. The van der Waals surface area contributed by atoms with E-state index in [0.29, 0.717) is 4.40 Å². The maximum atomic E-state index is 13.9. The highest BCUT2D eigenvalue weighted by Crippen LogP contribution is 2.30. The molecule has 0 saturated carbocycles. The standard InChI is InChI=1S/C14H7F7N4O/c15-9-1-7(2-23-11(9)26-6-13(16,17)18)8-3-22-10-4-24-12(14(19,20)21)25(10)5-8/h1-5H,6H2. The molecule has 3 aromatic rings. The van der Waals surface area contributed by atoms with Crippen molar-refractivity contribution < 1.29 is 35.5 Å². The van der Waals surface area contributed by atoms with Gasteiger partial charge in [-0.15, -0.1) is 0 Å². The summed E-state index contributed by atoms with van der Waals surface area (Å²) in [5.41, 5.74) is -0.0347. The van der Waals surface area contributed by atoms with Gasteiger partial charge in [-0.2, -0.15) is 26.3 Å². The fourth-order valence-electron chi connectivity index (χ4n) is 2.08. The molecule has 0 aliphatic heterocycles. The summed E-state index contributed by atoms with van der Waals surface area (Å²) in [5.74, 6) is -3.30. The molecule has 0 aliphatic carbocycles. The predicted octanol–water partition coefficient (Wildman–Crippen LogP) is 3.89. The smallest absolute Gasteiger partial charge is 0.450 e. The molecule has 3 aromatic heterocycles. The quantitative estimate of drug-likeness (QED) is 0.647. The van der Waals surface area contributed by atoms with E-state index < -0.39 is 36.5 Å². The molecule has 0 unspecified atom stereocenters. The maximum Gasteiger partial charge on any atom is 0.450 e. The van der Waals surface area contributed by atoms with Crippen LogP contribution in [0.1, 0.15) is 5.82 Å². The Labute approximate surface area is 140 Å². The fourth-order valence-corrected chi connectivity index (χ4v) is 2.08. The Morgan fingerprint density at radius 3 is 2.23 bits per heavy atom. The third-order valence-electron chi connectivity index (χ3n) is 3.15. The largest absolute Gasteiger partial charge is 0.466 e. The number of rotatable bonds is 3. The van der Waals surface area contributed by atoms with Crippen molar-refractivity contribution in [3.8, 4) is 17.0 Å². The van der Waals surface area contributed by atoms with Crippen LogP contribution in [-0.2, 0) is 6.18 Å². The van der Waals surface area contributed by atoms with Gasteiger partial charge in [-0.05, 0) is 6.07 Å². The highest BCUT2D eigenvalue weighted by molar-refractivity contribution is 5.62. The van der Waals surface area contributed by atoms with Crippen LogP contribution in [0.5, 0.6) is 5.88 Å². The SMILES string of the molecule is Fc1cc(-c2cnc3cnc(C(F)(F)F)n3c2)cnc1OCC(F)(F)F. The number of hydrogen-bond donors (Lipinski definition) is 0. The number of pyridine rings is 1. The summed E-state index contributed by atoms with van der Waals surface area (Å²) in [6.07, 6.45) is -5.35. The van der Waals surface area contributed by atoms with Crippen LogP contribution in [0, 0.1) is 5.82 Å². The lowest BCUT2D eigenvalue weighted by Gasteiger charge is -2.10. The summed E-state index contributed by atoms with van der Waals surface area (Å²) in [7, 11) is 0. The van der Waals surface area contributed by atoms with Gasteiger partial charge in [-0.25, -0.2) is 19.3 Å². The summed E-state index contributed by atoms with van der Waals surface area (Å²) < 4.78 is 93.7. The van der Waals surface area contributed by atoms with E-state index in [1.54, 1.807) is 0 Å². The Bertz CT molecular complexity index is 949. The third-order valence-corrected chi connectivity index (χ3v) is 3.15. The number of imidazole rings is 1. The molecule has 0 atom stereocenters. The first-order valence-electron chi connectivity index (χ1n) is 6.80. The molecule has 0 N–H and O–H groups in total. The zero-order valence-corrected chi connectivity index (χ0v) is 12.4. The van der Waals surface area contributed by atoms with E-state index in [1.165, 1.54) is 0 Å². The number of halogens is 7. The number of hydrogen-bond acceptors (Lipinski definition) is 4. The Hall–Kier alpha value is -2.92. The number of ether oxygens (including phenoxy) is 1. The molecule has 0 bridgehead atoms. The molecule has 12 heteroatoms. The van der Waals surface area contributed by atoms with Crippen LogP contribution in [0.3, 0.4) is 0 Å². The van der Waals surface area contributed by atoms with E-state index in [9.17, 15) is 30.7 Å². The lowest BCUT2D eigenvalue weighted by Crippen LogP contribution is -2.20. The lowest BCUT2D eigenvalue weighted by atomic mass is 10.1. The first kappa shape index (κ1) is 17.9. The van der Waals surface area contributed by atoms with E-state index in [2.05, 4.69) is 19.7 Å². The van der Waals surface area contributed by atoms with Crippen molar-refractivity contribution in [1.29, 1.82) is 0 Å². The summed E-state index contributed by atoms with van der Waals surface area (Å²) in [6.45, 7) is -1.73. The van der Waals surface area contributed by atoms with Crippen molar-refractivity contribution >= 4 is 5.65 Å². The Morgan fingerprint density at radius 2 is 1.62 bits per heavy atom. The van der Waals surface area contributed by atoms with Gasteiger partial charge in [-0.1, -0.05) is 0 Å². The second-order valence-corrected chi connectivity index (χ2v) is 5.07. The molecule has 0 fully saturated rings. The van der Waals surface area contributed by atoms with Crippen molar-refractivity contribution in [1.82, 2.24) is 19.4 Å². The van der Waals surface area contributed by atoms with E-state index in [4.69, 9.17) is 0 Å². The molecule has 0 radical (unpaired) electrons. The van der Waals surface area contributed by atoms with E-state index in [0.717, 1.165) is 30.9 Å². The van der Waals surface area contributed by atoms with Crippen LogP contribution in [-0.4, -0.2) is 32.1 Å². The molecule has 0 aromatic carbocycles. The molecule has 3 heterocycles. The Morgan fingerprint density at radius 1 is 0.923 bits per heavy atom. The molecule has 5 nitrogen and oxygen atoms in total. The zero-order chi connectivity index (χ0) is 19.1. The van der Waals surface area contributed by atoms with Crippen molar-refractivity contribution in [2.45, 2.75) is 12.4 Å². The minimum absolute atomic E-state index is 0.00177. The van der Waals surface area contributed by atoms with Crippen LogP contribution < -0.4 is 4.74 Å². The number of nitrogens with zero attached hydrogens (tertiary/aromatic N) is 4. The second-order valence-electron chi connectivity index (χ2n) is 5.07. The average Bonchev–Trinajstić information content (AvgIpc) is 2.96. The molecule has 0 spiro atoms. The molecular weight excluding hydrogens is 373 g/mol. The van der Waals surface area contributed by atoms with Gasteiger partial charge >= 0.3 is 12.4 Å². The van der Waals surface area contributed by atoms with Crippen molar-refractivity contribution in [2.24, 2.45) is 0 Å². The van der Waals surface area contributed by atoms with E-state index in [-0.39, 0.29) is 16.8 Å². The van der Waals surface area contributed by atoms with Gasteiger partial charge in [0.2, 0.25) is 5.82 Å². The Balaban J connectivity index is 1.95. The third kappa shape index (κ3) is 3.68. The monoisotopic (exact) mass is 380 g/mol. The molecule has 0 aliphatic rings. The normalized spacial score (nSPS) is 12.6. The van der Waals surface area contributed by atoms with E-state index in [1.807, 2.05) is 0 Å². The van der Waals surface area contributed by atoms with Gasteiger partial charge in [0.15, 0.2) is 18.1 Å². The molecule has 0 amide bonds. The van der Waals surface area contributed by atoms with Crippen LogP contribution in [0.25, 0.3) is 16.8 Å². The van der Waals surface area contributed by atoms with Gasteiger partial charge in [0.05, 0.1) is 6.20 Å². The molecule has 138 valence electrons. The fraction of sp³-hybridized carbons (Fsp3) is 0.214. The van der Waals surface area contributed by atoms with E-state index >= 15 is 0 Å². The first-order valence-corrected chi connectivity index (χ1v) is 6.80. The highest BCUT2D eigenvalue weighted by atomic mass is 19.4. The van der Waals surface area contributed by atoms with Gasteiger partial charge in [0.25, 0.3) is 5.88 Å². The summed E-state index contributed by atoms with van der Waals surface area (Å²) >= 11 is 0. The minimum atomic E-state index is -4.73. The van der Waals surface area contributed by atoms with Crippen LogP contribution >= 0.6 is 0 Å². The van der Waals surface area contributed by atoms with Crippen molar-refractivity contribution in [3.05, 3.63) is 42.5 Å². The van der Waals surface area contributed by atoms with Gasteiger partial charge in [-0.3, -0.25) is 4.40 Å². The van der Waals surface area contributed by atoms with Gasteiger partial charge in [0.1, 0.15) is 0 Å². The zero-order valence-electron chi connectivity index (χ0n) is 12.4. The second kappa shape index (κ2) is 6.11.